The Hall–Kier alpha value is -1.16. The van der Waals surface area contributed by atoms with Crippen molar-refractivity contribution in [1.82, 2.24) is 0 Å². The van der Waals surface area contributed by atoms with Crippen molar-refractivity contribution in [2.24, 2.45) is 0 Å². The van der Waals surface area contributed by atoms with Crippen molar-refractivity contribution >= 4 is 16.4 Å². The average Bonchev–Trinajstić information content (AvgIpc) is 3.18. The Labute approximate surface area is 347 Å². The third-order valence-electron chi connectivity index (χ3n) is 10.6. The summed E-state index contributed by atoms with van der Waals surface area (Å²) < 4.78 is 59.0. The predicted octanol–water partition coefficient (Wildman–Crippen LogP) is 9.47. The van der Waals surface area contributed by atoms with E-state index in [0.717, 1.165) is 44.9 Å². The molecule has 338 valence electrons. The number of rotatable bonds is 40. The predicted molar refractivity (Wildman–Crippen MR) is 225 cm³/mol. The minimum absolute atomic E-state index is 0.0369. The molecule has 1 fully saturated rings. The average molecular weight is 837 g/mol. The van der Waals surface area contributed by atoms with Gasteiger partial charge in [0.2, 0.25) is 0 Å². The summed E-state index contributed by atoms with van der Waals surface area (Å²) in [5.74, 6) is -0.398. The largest absolute Gasteiger partial charge is 0.457 e. The van der Waals surface area contributed by atoms with Gasteiger partial charge in [-0.05, 0) is 38.5 Å². The normalized spacial score (nSPS) is 20.7. The summed E-state index contributed by atoms with van der Waals surface area (Å²) in [4.78, 5) is 12.8. The highest BCUT2D eigenvalue weighted by Crippen LogP contribution is 2.26. The number of esters is 1. The second-order valence-corrected chi connectivity index (χ2v) is 17.0. The van der Waals surface area contributed by atoms with Gasteiger partial charge in [0.25, 0.3) is 0 Å². The molecule has 13 heteroatoms. The SMILES string of the molecule is CCCCC/C=C\CCCCCCCCOCC(COC1OC(CO)C(O)C(OS(=O)(=O)O)C1O)OC(=O)CCCCCCCCCCCCCCCCCCC. The van der Waals surface area contributed by atoms with Gasteiger partial charge in [0.05, 0.1) is 19.8 Å². The summed E-state index contributed by atoms with van der Waals surface area (Å²) in [6, 6.07) is 0. The van der Waals surface area contributed by atoms with Gasteiger partial charge in [-0.2, -0.15) is 8.42 Å². The molecule has 1 saturated heterocycles. The summed E-state index contributed by atoms with van der Waals surface area (Å²) in [5.41, 5.74) is 0. The van der Waals surface area contributed by atoms with E-state index in [1.807, 2.05) is 0 Å². The third kappa shape index (κ3) is 30.5. The zero-order valence-corrected chi connectivity index (χ0v) is 36.7. The van der Waals surface area contributed by atoms with Gasteiger partial charge in [-0.15, -0.1) is 0 Å². The van der Waals surface area contributed by atoms with Crippen molar-refractivity contribution in [3.05, 3.63) is 12.2 Å². The highest BCUT2D eigenvalue weighted by atomic mass is 32.3. The van der Waals surface area contributed by atoms with Crippen LogP contribution in [0.15, 0.2) is 12.2 Å². The monoisotopic (exact) mass is 837 g/mol. The lowest BCUT2D eigenvalue weighted by Gasteiger charge is -2.41. The number of carbonyl (C=O) groups is 1. The van der Waals surface area contributed by atoms with E-state index in [1.165, 1.54) is 128 Å². The van der Waals surface area contributed by atoms with Crippen LogP contribution in [-0.4, -0.2) is 97.5 Å². The van der Waals surface area contributed by atoms with Gasteiger partial charge < -0.3 is 34.3 Å². The number of allylic oxidation sites excluding steroid dienone is 2. The lowest BCUT2D eigenvalue weighted by Crippen LogP contribution is -2.60. The summed E-state index contributed by atoms with van der Waals surface area (Å²) in [5, 5.41) is 30.6. The van der Waals surface area contributed by atoms with E-state index < -0.39 is 59.8 Å². The van der Waals surface area contributed by atoms with Crippen molar-refractivity contribution in [3.8, 4) is 0 Å². The van der Waals surface area contributed by atoms with Gasteiger partial charge in [0.15, 0.2) is 6.29 Å². The van der Waals surface area contributed by atoms with Crippen LogP contribution < -0.4 is 0 Å². The van der Waals surface area contributed by atoms with Gasteiger partial charge >= 0.3 is 16.4 Å². The van der Waals surface area contributed by atoms with Gasteiger partial charge in [0.1, 0.15) is 30.5 Å². The minimum Gasteiger partial charge on any atom is -0.457 e. The molecule has 4 N–H and O–H groups in total. The molecule has 0 saturated carbocycles. The second kappa shape index (κ2) is 36.7. The van der Waals surface area contributed by atoms with E-state index in [-0.39, 0.29) is 19.6 Å². The molecular formula is C44H84O12S. The smallest absolute Gasteiger partial charge is 0.397 e. The molecule has 1 aliphatic rings. The van der Waals surface area contributed by atoms with Crippen molar-refractivity contribution in [3.63, 3.8) is 0 Å². The molecule has 12 nitrogen and oxygen atoms in total. The fourth-order valence-electron chi connectivity index (χ4n) is 7.14. The van der Waals surface area contributed by atoms with Crippen LogP contribution in [0.1, 0.15) is 200 Å². The first-order valence-electron chi connectivity index (χ1n) is 22.9. The molecule has 0 aliphatic carbocycles. The summed E-state index contributed by atoms with van der Waals surface area (Å²) in [6.45, 7) is 3.98. The fourth-order valence-corrected chi connectivity index (χ4v) is 7.65. The molecule has 0 radical (unpaired) electrons. The molecule has 57 heavy (non-hydrogen) atoms. The van der Waals surface area contributed by atoms with E-state index >= 15 is 0 Å². The first-order chi connectivity index (χ1) is 27.6. The van der Waals surface area contributed by atoms with E-state index in [0.29, 0.717) is 13.0 Å². The maximum Gasteiger partial charge on any atom is 0.397 e. The maximum atomic E-state index is 12.8. The highest BCUT2D eigenvalue weighted by molar-refractivity contribution is 7.80. The van der Waals surface area contributed by atoms with Crippen LogP contribution in [0.2, 0.25) is 0 Å². The third-order valence-corrected chi connectivity index (χ3v) is 11.1. The Morgan fingerprint density at radius 3 is 1.61 bits per heavy atom. The number of aliphatic hydroxyl groups excluding tert-OH is 3. The molecule has 1 aliphatic heterocycles. The number of ether oxygens (including phenoxy) is 4. The van der Waals surface area contributed by atoms with Gasteiger partial charge in [-0.1, -0.05) is 167 Å². The number of aliphatic hydroxyl groups is 3. The van der Waals surface area contributed by atoms with E-state index in [9.17, 15) is 28.5 Å². The Kier molecular flexibility index (Phi) is 34.6. The van der Waals surface area contributed by atoms with Crippen molar-refractivity contribution in [2.45, 2.75) is 237 Å². The van der Waals surface area contributed by atoms with Crippen LogP contribution in [0.4, 0.5) is 0 Å². The summed E-state index contributed by atoms with van der Waals surface area (Å²) >= 11 is 0. The lowest BCUT2D eigenvalue weighted by atomic mass is 9.99. The molecule has 6 atom stereocenters. The van der Waals surface area contributed by atoms with Crippen LogP contribution in [0, 0.1) is 0 Å². The maximum absolute atomic E-state index is 12.8. The second-order valence-electron chi connectivity index (χ2n) is 16.0. The van der Waals surface area contributed by atoms with Crippen LogP contribution in [-0.2, 0) is 38.3 Å². The van der Waals surface area contributed by atoms with Crippen LogP contribution in [0.3, 0.4) is 0 Å². The molecule has 1 rings (SSSR count). The Morgan fingerprint density at radius 2 is 1.11 bits per heavy atom. The van der Waals surface area contributed by atoms with Gasteiger partial charge in [-0.25, -0.2) is 4.18 Å². The fraction of sp³-hybridized carbons (Fsp3) is 0.932. The van der Waals surface area contributed by atoms with Gasteiger partial charge in [-0.3, -0.25) is 9.35 Å². The molecule has 0 spiro atoms. The van der Waals surface area contributed by atoms with Crippen molar-refractivity contribution < 1.29 is 56.2 Å². The highest BCUT2D eigenvalue weighted by Gasteiger charge is 2.48. The lowest BCUT2D eigenvalue weighted by molar-refractivity contribution is -0.301. The molecule has 0 bridgehead atoms. The van der Waals surface area contributed by atoms with Crippen molar-refractivity contribution in [2.75, 3.05) is 26.4 Å². The van der Waals surface area contributed by atoms with Crippen LogP contribution in [0.5, 0.6) is 0 Å². The van der Waals surface area contributed by atoms with Crippen LogP contribution >= 0.6 is 0 Å². The quantitative estimate of drug-likeness (QED) is 0.0199. The Balaban J connectivity index is 2.41. The van der Waals surface area contributed by atoms with E-state index in [4.69, 9.17) is 23.5 Å². The number of hydrogen-bond acceptors (Lipinski definition) is 11. The van der Waals surface area contributed by atoms with Crippen LogP contribution in [0.25, 0.3) is 0 Å². The topological polar surface area (TPSA) is 178 Å². The number of unbranched alkanes of at least 4 members (excludes halogenated alkanes) is 25. The molecule has 1 heterocycles. The van der Waals surface area contributed by atoms with E-state index in [2.05, 4.69) is 30.2 Å². The van der Waals surface area contributed by atoms with Gasteiger partial charge in [0, 0.05) is 13.0 Å². The molecule has 0 aromatic rings. The zero-order chi connectivity index (χ0) is 41.8. The van der Waals surface area contributed by atoms with Crippen molar-refractivity contribution in [1.29, 1.82) is 0 Å². The number of hydrogen-bond donors (Lipinski definition) is 4. The zero-order valence-electron chi connectivity index (χ0n) is 35.9. The molecular weight excluding hydrogens is 753 g/mol. The Bertz CT molecular complexity index is 1060. The molecule has 0 amide bonds. The summed E-state index contributed by atoms with van der Waals surface area (Å²) in [7, 11) is -5.06. The Morgan fingerprint density at radius 1 is 0.649 bits per heavy atom. The van der Waals surface area contributed by atoms with E-state index in [1.54, 1.807) is 0 Å². The molecule has 0 aromatic carbocycles. The molecule has 0 aromatic heterocycles. The minimum atomic E-state index is -5.06. The first kappa shape index (κ1) is 53.9. The number of carbonyl (C=O) groups excluding carboxylic acids is 1. The standard InChI is InChI=1S/C44H84O12S/c1-3-5-7-9-11-13-15-17-18-19-20-21-23-25-27-29-31-33-40(46)54-38(36-52-34-32-30-28-26-24-22-16-14-12-10-8-6-4-2)37-53-44-42(48)43(56-57(49,50)51)41(47)39(35-45)55-44/h12,14,38-39,41-45,47-48H,3-11,13,15-37H2,1-2H3,(H,49,50,51)/b14-12-. The first-order valence-corrected chi connectivity index (χ1v) is 24.3. The molecule has 6 unspecified atom stereocenters. The summed E-state index contributed by atoms with van der Waals surface area (Å²) in [6.07, 6.45) is 29.6.